The summed E-state index contributed by atoms with van der Waals surface area (Å²) in [6, 6.07) is 9.80. The van der Waals surface area contributed by atoms with Gasteiger partial charge in [0.2, 0.25) is 0 Å². The van der Waals surface area contributed by atoms with Gasteiger partial charge in [-0.25, -0.2) is 9.78 Å². The van der Waals surface area contributed by atoms with E-state index in [0.717, 1.165) is 47.5 Å². The molecule has 9 nitrogen and oxygen atoms in total. The minimum atomic E-state index is -0.518. The monoisotopic (exact) mass is 525 g/mol. The van der Waals surface area contributed by atoms with Crippen LogP contribution in [0.1, 0.15) is 51.6 Å². The maximum atomic E-state index is 12.6. The Kier molecular flexibility index (Phi) is 7.35. The summed E-state index contributed by atoms with van der Waals surface area (Å²) in [4.78, 5) is 23.4. The molecule has 37 heavy (non-hydrogen) atoms. The lowest BCUT2D eigenvalue weighted by atomic mass is 9.89. The van der Waals surface area contributed by atoms with Gasteiger partial charge in [0.05, 0.1) is 18.9 Å². The zero-order valence-electron chi connectivity index (χ0n) is 21.4. The predicted octanol–water partition coefficient (Wildman–Crippen LogP) is 5.47. The van der Waals surface area contributed by atoms with Crippen LogP contribution >= 0.6 is 11.6 Å². The minimum absolute atomic E-state index is 0.0491. The minimum Gasteiger partial charge on any atom is -0.458 e. The third-order valence-corrected chi connectivity index (χ3v) is 6.77. The Morgan fingerprint density at radius 3 is 2.57 bits per heavy atom. The van der Waals surface area contributed by atoms with Crippen LogP contribution in [0.3, 0.4) is 0 Å². The molecule has 0 saturated carbocycles. The second-order valence-corrected chi connectivity index (χ2v) is 10.9. The molecule has 2 aliphatic heterocycles. The van der Waals surface area contributed by atoms with E-state index in [4.69, 9.17) is 35.9 Å². The Morgan fingerprint density at radius 1 is 1.14 bits per heavy atom. The zero-order chi connectivity index (χ0) is 26.0. The molecule has 1 N–H and O–H groups in total. The van der Waals surface area contributed by atoms with E-state index in [0.29, 0.717) is 37.3 Å². The number of halogens is 1. The van der Waals surface area contributed by atoms with Crippen LogP contribution in [0.25, 0.3) is 22.5 Å². The normalized spacial score (nSPS) is 18.7. The molecule has 3 aromatic rings. The highest BCUT2D eigenvalue weighted by atomic mass is 35.5. The van der Waals surface area contributed by atoms with Crippen LogP contribution in [-0.4, -0.2) is 69.2 Å². The van der Waals surface area contributed by atoms with E-state index < -0.39 is 5.60 Å². The smallest absolute Gasteiger partial charge is 0.410 e. The first kappa shape index (κ1) is 25.5. The van der Waals surface area contributed by atoms with Crippen LogP contribution in [-0.2, 0) is 9.47 Å². The van der Waals surface area contributed by atoms with Gasteiger partial charge in [0.15, 0.2) is 0 Å². The second-order valence-electron chi connectivity index (χ2n) is 10.4. The molecule has 4 heterocycles. The number of amides is 1. The van der Waals surface area contributed by atoms with E-state index in [1.807, 2.05) is 51.1 Å². The van der Waals surface area contributed by atoms with Crippen molar-refractivity contribution in [2.45, 2.75) is 57.7 Å². The van der Waals surface area contributed by atoms with Gasteiger partial charge in [-0.3, -0.25) is 5.10 Å². The highest BCUT2D eigenvalue weighted by Gasteiger charge is 2.31. The molecule has 196 valence electrons. The summed E-state index contributed by atoms with van der Waals surface area (Å²) in [5.74, 6) is 0.171. The molecule has 5 rings (SSSR count). The number of H-pyrrole nitrogens is 1. The lowest BCUT2D eigenvalue weighted by molar-refractivity contribution is 0.0204. The summed E-state index contributed by atoms with van der Waals surface area (Å²) in [5, 5.41) is 8.66. The summed E-state index contributed by atoms with van der Waals surface area (Å²) in [6.45, 7) is 8.07. The van der Waals surface area contributed by atoms with Gasteiger partial charge in [-0.05, 0) is 51.8 Å². The number of aromatic nitrogens is 4. The summed E-state index contributed by atoms with van der Waals surface area (Å²) in [7, 11) is 0. The van der Waals surface area contributed by atoms with Crippen LogP contribution in [0.5, 0.6) is 6.01 Å². The summed E-state index contributed by atoms with van der Waals surface area (Å²) in [5.41, 5.74) is 3.83. The first-order chi connectivity index (χ1) is 17.8. The molecule has 0 spiro atoms. The quantitative estimate of drug-likeness (QED) is 0.471. The molecule has 0 radical (unpaired) electrons. The number of rotatable bonds is 5. The largest absolute Gasteiger partial charge is 0.458 e. The maximum Gasteiger partial charge on any atom is 0.410 e. The van der Waals surface area contributed by atoms with Gasteiger partial charge in [-0.1, -0.05) is 23.7 Å². The van der Waals surface area contributed by atoms with Gasteiger partial charge in [-0.2, -0.15) is 10.1 Å². The molecular formula is C27H32ClN5O4. The van der Waals surface area contributed by atoms with E-state index in [1.54, 1.807) is 11.1 Å². The van der Waals surface area contributed by atoms with Crippen molar-refractivity contribution in [3.8, 4) is 28.5 Å². The van der Waals surface area contributed by atoms with Crippen molar-refractivity contribution >= 4 is 17.7 Å². The average Bonchev–Trinajstić information content (AvgIpc) is 3.54. The highest BCUT2D eigenvalue weighted by Crippen LogP contribution is 2.40. The number of hydrogen-bond acceptors (Lipinski definition) is 7. The molecule has 1 aromatic carbocycles. The lowest BCUT2D eigenvalue weighted by Gasteiger charge is -2.33. The van der Waals surface area contributed by atoms with Crippen LogP contribution in [0.4, 0.5) is 4.79 Å². The maximum absolute atomic E-state index is 12.6. The van der Waals surface area contributed by atoms with Gasteiger partial charge < -0.3 is 19.1 Å². The number of hydrogen-bond donors (Lipinski definition) is 1. The molecule has 0 unspecified atom stereocenters. The number of piperidine rings is 1. The fourth-order valence-electron chi connectivity index (χ4n) is 4.70. The van der Waals surface area contributed by atoms with Gasteiger partial charge >= 0.3 is 12.1 Å². The molecule has 2 aromatic heterocycles. The first-order valence-corrected chi connectivity index (χ1v) is 13.0. The Bertz CT molecular complexity index is 1230. The number of ether oxygens (including phenoxy) is 3. The fourth-order valence-corrected chi connectivity index (χ4v) is 4.82. The van der Waals surface area contributed by atoms with Crippen LogP contribution in [0.2, 0.25) is 5.02 Å². The van der Waals surface area contributed by atoms with Crippen molar-refractivity contribution in [2.24, 2.45) is 0 Å². The molecule has 1 atom stereocenters. The second kappa shape index (κ2) is 10.7. The molecule has 10 heteroatoms. The van der Waals surface area contributed by atoms with Crippen molar-refractivity contribution in [3.05, 3.63) is 47.2 Å². The van der Waals surface area contributed by atoms with Crippen molar-refractivity contribution in [3.63, 3.8) is 0 Å². The first-order valence-electron chi connectivity index (χ1n) is 12.7. The Hall–Kier alpha value is -3.17. The van der Waals surface area contributed by atoms with E-state index >= 15 is 0 Å². The SMILES string of the molecule is CC(C)(C)OC(=O)N1CCC(c2[nH]nc(-c3ccc(Cl)cc3)c2-c2ccnc(O[C@H]3CCOC3)n2)CC1. The fraction of sp³-hybridized carbons (Fsp3) is 0.481. The highest BCUT2D eigenvalue weighted by molar-refractivity contribution is 6.30. The number of carbonyl (C=O) groups is 1. The van der Waals surface area contributed by atoms with Crippen LogP contribution in [0, 0.1) is 0 Å². The number of aromatic amines is 1. The van der Waals surface area contributed by atoms with Crippen molar-refractivity contribution in [2.75, 3.05) is 26.3 Å². The Labute approximate surface area is 221 Å². The van der Waals surface area contributed by atoms with Gasteiger partial charge in [-0.15, -0.1) is 0 Å². The molecule has 0 aliphatic carbocycles. The predicted molar refractivity (Wildman–Crippen MR) is 140 cm³/mol. The Balaban J connectivity index is 1.44. The third kappa shape index (κ3) is 6.05. The van der Waals surface area contributed by atoms with Crippen LogP contribution < -0.4 is 4.74 Å². The number of likely N-dealkylation sites (tertiary alicyclic amines) is 1. The van der Waals surface area contributed by atoms with Gasteiger partial charge in [0, 0.05) is 53.5 Å². The van der Waals surface area contributed by atoms with Crippen LogP contribution in [0.15, 0.2) is 36.5 Å². The number of nitrogens with zero attached hydrogens (tertiary/aromatic N) is 4. The van der Waals surface area contributed by atoms with Gasteiger partial charge in [0.1, 0.15) is 17.4 Å². The zero-order valence-corrected chi connectivity index (χ0v) is 22.1. The van der Waals surface area contributed by atoms with Crippen molar-refractivity contribution in [1.82, 2.24) is 25.1 Å². The molecule has 0 bridgehead atoms. The average molecular weight is 526 g/mol. The van der Waals surface area contributed by atoms with E-state index in [9.17, 15) is 4.79 Å². The summed E-state index contributed by atoms with van der Waals surface area (Å²) >= 11 is 6.15. The van der Waals surface area contributed by atoms with Crippen molar-refractivity contribution in [1.29, 1.82) is 0 Å². The molecule has 2 aliphatic rings. The number of carbonyl (C=O) groups excluding carboxylic acids is 1. The number of nitrogens with one attached hydrogen (secondary N) is 1. The third-order valence-electron chi connectivity index (χ3n) is 6.52. The molecule has 1 amide bonds. The molecule has 2 fully saturated rings. The molecule has 2 saturated heterocycles. The van der Waals surface area contributed by atoms with E-state index in [1.165, 1.54) is 0 Å². The Morgan fingerprint density at radius 2 is 1.89 bits per heavy atom. The topological polar surface area (TPSA) is 102 Å². The summed E-state index contributed by atoms with van der Waals surface area (Å²) < 4.78 is 17.0. The lowest BCUT2D eigenvalue weighted by Crippen LogP contribution is -2.41. The van der Waals surface area contributed by atoms with Crippen molar-refractivity contribution < 1.29 is 19.0 Å². The molecular weight excluding hydrogens is 494 g/mol. The van der Waals surface area contributed by atoms with E-state index in [2.05, 4.69) is 10.1 Å². The van der Waals surface area contributed by atoms with Gasteiger partial charge in [0.25, 0.3) is 0 Å². The summed E-state index contributed by atoms with van der Waals surface area (Å²) in [6.07, 6.45) is 3.76. The standard InChI is InChI=1S/C27H32ClN5O4/c1-27(2,3)37-26(34)33-13-9-18(10-14-33)24-22(23(31-32-24)17-4-6-19(28)7-5-17)21-8-12-29-25(30-21)36-20-11-15-35-16-20/h4-8,12,18,20H,9-11,13-16H2,1-3H3,(H,31,32)/t20-/m0/s1. The van der Waals surface area contributed by atoms with E-state index in [-0.39, 0.29) is 18.1 Å². The number of benzene rings is 1.